The number of halogens is 1. The standard InChI is InChI=1S/C14H18BrN3OS/c1-4-12(16-5-2)14-18-17-13(20-14)10-8-9(19-3)6-7-11(10)15/h6-8,12,16H,4-5H2,1-3H3. The minimum Gasteiger partial charge on any atom is -0.497 e. The lowest BCUT2D eigenvalue weighted by Gasteiger charge is -2.11. The fourth-order valence-corrected chi connectivity index (χ4v) is 3.53. The van der Waals surface area contributed by atoms with Gasteiger partial charge in [-0.2, -0.15) is 0 Å². The van der Waals surface area contributed by atoms with E-state index >= 15 is 0 Å². The SMILES string of the molecule is CCNC(CC)c1nnc(-c2cc(OC)ccc2Br)s1. The molecule has 1 aromatic carbocycles. The summed E-state index contributed by atoms with van der Waals surface area (Å²) in [4.78, 5) is 0. The molecule has 0 saturated carbocycles. The smallest absolute Gasteiger partial charge is 0.149 e. The lowest BCUT2D eigenvalue weighted by Crippen LogP contribution is -2.19. The number of benzene rings is 1. The summed E-state index contributed by atoms with van der Waals surface area (Å²) in [5.74, 6) is 0.818. The maximum Gasteiger partial charge on any atom is 0.149 e. The molecule has 0 spiro atoms. The second-order valence-corrected chi connectivity index (χ2v) is 6.17. The zero-order chi connectivity index (χ0) is 14.5. The quantitative estimate of drug-likeness (QED) is 0.849. The van der Waals surface area contributed by atoms with Crippen molar-refractivity contribution in [2.45, 2.75) is 26.3 Å². The van der Waals surface area contributed by atoms with Gasteiger partial charge in [0.2, 0.25) is 0 Å². The summed E-state index contributed by atoms with van der Waals surface area (Å²) in [6.45, 7) is 5.18. The first kappa shape index (κ1) is 15.4. The van der Waals surface area contributed by atoms with Crippen LogP contribution in [0.1, 0.15) is 31.3 Å². The monoisotopic (exact) mass is 355 g/mol. The van der Waals surface area contributed by atoms with Gasteiger partial charge in [0.25, 0.3) is 0 Å². The summed E-state index contributed by atoms with van der Waals surface area (Å²) in [6.07, 6.45) is 1.00. The highest BCUT2D eigenvalue weighted by molar-refractivity contribution is 9.10. The molecule has 2 aromatic rings. The Morgan fingerprint density at radius 1 is 1.35 bits per heavy atom. The first-order valence-electron chi connectivity index (χ1n) is 6.60. The third-order valence-corrected chi connectivity index (χ3v) is 4.76. The zero-order valence-corrected chi connectivity index (χ0v) is 14.2. The van der Waals surface area contributed by atoms with E-state index in [1.165, 1.54) is 0 Å². The second kappa shape index (κ2) is 7.15. The normalized spacial score (nSPS) is 12.4. The highest BCUT2D eigenvalue weighted by atomic mass is 79.9. The molecule has 0 aliphatic heterocycles. The molecular weight excluding hydrogens is 338 g/mol. The topological polar surface area (TPSA) is 47.0 Å². The molecule has 0 amide bonds. The van der Waals surface area contributed by atoms with E-state index in [4.69, 9.17) is 4.74 Å². The Hall–Kier alpha value is -0.980. The van der Waals surface area contributed by atoms with Crippen molar-refractivity contribution in [3.05, 3.63) is 27.7 Å². The van der Waals surface area contributed by atoms with Gasteiger partial charge in [-0.25, -0.2) is 0 Å². The van der Waals surface area contributed by atoms with E-state index in [-0.39, 0.29) is 6.04 Å². The lowest BCUT2D eigenvalue weighted by molar-refractivity contribution is 0.415. The van der Waals surface area contributed by atoms with Crippen molar-refractivity contribution >= 4 is 27.3 Å². The van der Waals surface area contributed by atoms with Gasteiger partial charge in [-0.3, -0.25) is 0 Å². The Morgan fingerprint density at radius 3 is 2.80 bits per heavy atom. The van der Waals surface area contributed by atoms with Crippen LogP contribution in [-0.4, -0.2) is 23.9 Å². The van der Waals surface area contributed by atoms with E-state index in [9.17, 15) is 0 Å². The number of rotatable bonds is 6. The highest BCUT2D eigenvalue weighted by Crippen LogP contribution is 2.35. The van der Waals surface area contributed by atoms with E-state index in [1.54, 1.807) is 18.4 Å². The van der Waals surface area contributed by atoms with E-state index in [0.29, 0.717) is 0 Å². The van der Waals surface area contributed by atoms with Gasteiger partial charge in [-0.1, -0.05) is 41.1 Å². The average Bonchev–Trinajstić information content (AvgIpc) is 2.94. The molecule has 0 aliphatic carbocycles. The molecule has 1 aromatic heterocycles. The van der Waals surface area contributed by atoms with E-state index in [0.717, 1.165) is 38.8 Å². The van der Waals surface area contributed by atoms with Crippen molar-refractivity contribution in [1.29, 1.82) is 0 Å². The summed E-state index contributed by atoms with van der Waals surface area (Å²) < 4.78 is 6.27. The van der Waals surface area contributed by atoms with Crippen molar-refractivity contribution in [3.8, 4) is 16.3 Å². The van der Waals surface area contributed by atoms with Crippen molar-refractivity contribution in [2.24, 2.45) is 0 Å². The largest absolute Gasteiger partial charge is 0.497 e. The van der Waals surface area contributed by atoms with Crippen molar-refractivity contribution in [3.63, 3.8) is 0 Å². The van der Waals surface area contributed by atoms with Gasteiger partial charge in [0.1, 0.15) is 15.8 Å². The van der Waals surface area contributed by atoms with Crippen LogP contribution >= 0.6 is 27.3 Å². The number of hydrogen-bond acceptors (Lipinski definition) is 5. The van der Waals surface area contributed by atoms with Gasteiger partial charge in [-0.15, -0.1) is 10.2 Å². The van der Waals surface area contributed by atoms with Crippen LogP contribution in [0.15, 0.2) is 22.7 Å². The van der Waals surface area contributed by atoms with Crippen LogP contribution in [0.25, 0.3) is 10.6 Å². The molecule has 1 heterocycles. The van der Waals surface area contributed by atoms with Gasteiger partial charge < -0.3 is 10.1 Å². The van der Waals surface area contributed by atoms with Crippen LogP contribution in [0.5, 0.6) is 5.75 Å². The molecule has 0 saturated heterocycles. The second-order valence-electron chi connectivity index (χ2n) is 4.31. The molecule has 20 heavy (non-hydrogen) atoms. The van der Waals surface area contributed by atoms with Crippen LogP contribution in [0.3, 0.4) is 0 Å². The lowest BCUT2D eigenvalue weighted by atomic mass is 10.2. The summed E-state index contributed by atoms with van der Waals surface area (Å²) in [7, 11) is 1.66. The first-order valence-corrected chi connectivity index (χ1v) is 8.21. The van der Waals surface area contributed by atoms with E-state index < -0.39 is 0 Å². The number of ether oxygens (including phenoxy) is 1. The highest BCUT2D eigenvalue weighted by Gasteiger charge is 2.16. The summed E-state index contributed by atoms with van der Waals surface area (Å²) in [5.41, 5.74) is 1.01. The van der Waals surface area contributed by atoms with Crippen molar-refractivity contribution in [2.75, 3.05) is 13.7 Å². The Labute approximate surface area is 131 Å². The molecule has 0 radical (unpaired) electrons. The van der Waals surface area contributed by atoms with Crippen LogP contribution in [0, 0.1) is 0 Å². The molecule has 0 bridgehead atoms. The minimum atomic E-state index is 0.274. The van der Waals surface area contributed by atoms with Gasteiger partial charge >= 0.3 is 0 Å². The molecule has 1 N–H and O–H groups in total. The maximum atomic E-state index is 5.27. The van der Waals surface area contributed by atoms with E-state index in [1.807, 2.05) is 18.2 Å². The summed E-state index contributed by atoms with van der Waals surface area (Å²) in [5, 5.41) is 14.0. The third kappa shape index (κ3) is 3.37. The van der Waals surface area contributed by atoms with Gasteiger partial charge in [0.05, 0.1) is 13.2 Å². The van der Waals surface area contributed by atoms with Gasteiger partial charge in [0, 0.05) is 10.0 Å². The fraction of sp³-hybridized carbons (Fsp3) is 0.429. The number of hydrogen-bond donors (Lipinski definition) is 1. The fourth-order valence-electron chi connectivity index (χ4n) is 1.93. The summed E-state index contributed by atoms with van der Waals surface area (Å²) >= 11 is 5.18. The molecule has 0 fully saturated rings. The molecule has 1 unspecified atom stereocenters. The predicted octanol–water partition coefficient (Wildman–Crippen LogP) is 4.04. The Balaban J connectivity index is 2.32. The zero-order valence-electron chi connectivity index (χ0n) is 11.8. The number of methoxy groups -OCH3 is 1. The number of nitrogens with zero attached hydrogens (tertiary/aromatic N) is 2. The van der Waals surface area contributed by atoms with Crippen LogP contribution in [-0.2, 0) is 0 Å². The van der Waals surface area contributed by atoms with Crippen molar-refractivity contribution < 1.29 is 4.74 Å². The number of aromatic nitrogens is 2. The molecule has 108 valence electrons. The summed E-state index contributed by atoms with van der Waals surface area (Å²) in [6, 6.07) is 6.14. The van der Waals surface area contributed by atoms with Gasteiger partial charge in [0.15, 0.2) is 0 Å². The molecule has 0 aliphatic rings. The van der Waals surface area contributed by atoms with Crippen molar-refractivity contribution in [1.82, 2.24) is 15.5 Å². The van der Waals surface area contributed by atoms with Crippen LogP contribution in [0.4, 0.5) is 0 Å². The van der Waals surface area contributed by atoms with Crippen LogP contribution in [0.2, 0.25) is 0 Å². The van der Waals surface area contributed by atoms with Crippen LogP contribution < -0.4 is 10.1 Å². The van der Waals surface area contributed by atoms with Gasteiger partial charge in [-0.05, 0) is 31.2 Å². The molecule has 6 heteroatoms. The Morgan fingerprint density at radius 2 is 2.15 bits per heavy atom. The maximum absolute atomic E-state index is 5.27. The third-order valence-electron chi connectivity index (χ3n) is 3.00. The predicted molar refractivity (Wildman–Crippen MR) is 86.3 cm³/mol. The molecule has 2 rings (SSSR count). The first-order chi connectivity index (χ1) is 9.69. The average molecular weight is 356 g/mol. The Kier molecular flexibility index (Phi) is 5.51. The minimum absolute atomic E-state index is 0.274. The van der Waals surface area contributed by atoms with E-state index in [2.05, 4.69) is 45.3 Å². The number of nitrogens with one attached hydrogen (secondary N) is 1. The molecule has 1 atom stereocenters. The molecule has 4 nitrogen and oxygen atoms in total. The molecular formula is C14H18BrN3OS. The Bertz CT molecular complexity index is 573.